The predicted molar refractivity (Wildman–Crippen MR) is 107 cm³/mol. The van der Waals surface area contributed by atoms with Gasteiger partial charge in [-0.15, -0.1) is 0 Å². The molecule has 1 heterocycles. The number of nitrogens with zero attached hydrogens (tertiary/aromatic N) is 2. The molecule has 0 unspecified atom stereocenters. The van der Waals surface area contributed by atoms with E-state index in [1.807, 2.05) is 30.1 Å². The molecule has 0 radical (unpaired) electrons. The number of ether oxygens (including phenoxy) is 2. The molecule has 8 heteroatoms. The summed E-state index contributed by atoms with van der Waals surface area (Å²) in [5.74, 6) is 0.984. The maximum absolute atomic E-state index is 12.4. The van der Waals surface area contributed by atoms with Crippen LogP contribution in [0.5, 0.6) is 11.5 Å². The van der Waals surface area contributed by atoms with Crippen molar-refractivity contribution in [2.45, 2.75) is 6.54 Å². The van der Waals surface area contributed by atoms with Crippen molar-refractivity contribution in [2.24, 2.45) is 0 Å². The molecule has 0 bridgehead atoms. The number of carbonyl (C=O) groups excluding carboxylic acids is 2. The smallest absolute Gasteiger partial charge is 0.244 e. The molecule has 2 amide bonds. The lowest BCUT2D eigenvalue weighted by Crippen LogP contribution is -2.40. The summed E-state index contributed by atoms with van der Waals surface area (Å²) in [6, 6.07) is 12.7. The quantitative estimate of drug-likeness (QED) is 0.769. The van der Waals surface area contributed by atoms with Crippen LogP contribution in [0.2, 0.25) is 5.02 Å². The monoisotopic (exact) mass is 403 g/mol. The molecule has 0 aliphatic carbocycles. The summed E-state index contributed by atoms with van der Waals surface area (Å²) >= 11 is 6.03. The van der Waals surface area contributed by atoms with Crippen molar-refractivity contribution in [1.29, 1.82) is 0 Å². The summed E-state index contributed by atoms with van der Waals surface area (Å²) < 4.78 is 10.7. The van der Waals surface area contributed by atoms with E-state index in [0.717, 1.165) is 11.3 Å². The SMILES string of the molecule is CN(CC(=O)N(C)CC(=O)Nc1ccccc1Cl)Cc1ccc2c(c1)OCO2. The van der Waals surface area contributed by atoms with Crippen LogP contribution < -0.4 is 14.8 Å². The van der Waals surface area contributed by atoms with E-state index in [9.17, 15) is 9.59 Å². The van der Waals surface area contributed by atoms with Crippen molar-refractivity contribution in [3.05, 3.63) is 53.1 Å². The molecule has 0 spiro atoms. The highest BCUT2D eigenvalue weighted by Gasteiger charge is 2.17. The van der Waals surface area contributed by atoms with Crippen LogP contribution in [0.4, 0.5) is 5.69 Å². The third kappa shape index (κ3) is 5.15. The van der Waals surface area contributed by atoms with E-state index >= 15 is 0 Å². The molecular weight excluding hydrogens is 382 g/mol. The fourth-order valence-corrected chi connectivity index (χ4v) is 3.00. The summed E-state index contributed by atoms with van der Waals surface area (Å²) in [5.41, 5.74) is 1.54. The van der Waals surface area contributed by atoms with Crippen LogP contribution in [-0.2, 0) is 16.1 Å². The van der Waals surface area contributed by atoms with Crippen LogP contribution in [0.25, 0.3) is 0 Å². The van der Waals surface area contributed by atoms with Gasteiger partial charge in [-0.25, -0.2) is 0 Å². The molecular formula is C20H22ClN3O4. The van der Waals surface area contributed by atoms with Gasteiger partial charge in [0, 0.05) is 13.6 Å². The number of hydrogen-bond acceptors (Lipinski definition) is 5. The third-order valence-electron chi connectivity index (χ3n) is 4.25. The maximum atomic E-state index is 12.4. The second-order valence-electron chi connectivity index (χ2n) is 6.64. The summed E-state index contributed by atoms with van der Waals surface area (Å²) in [7, 11) is 3.45. The largest absolute Gasteiger partial charge is 0.454 e. The highest BCUT2D eigenvalue weighted by Crippen LogP contribution is 2.32. The van der Waals surface area contributed by atoms with Crippen LogP contribution in [0.15, 0.2) is 42.5 Å². The molecule has 1 aliphatic rings. The molecule has 3 rings (SSSR count). The number of likely N-dealkylation sites (N-methyl/N-ethyl adjacent to an activating group) is 2. The van der Waals surface area contributed by atoms with Gasteiger partial charge >= 0.3 is 0 Å². The Hall–Kier alpha value is -2.77. The molecule has 2 aromatic carbocycles. The molecule has 148 valence electrons. The van der Waals surface area contributed by atoms with E-state index in [0.29, 0.717) is 23.0 Å². The molecule has 0 aromatic heterocycles. The van der Waals surface area contributed by atoms with Gasteiger partial charge in [0.05, 0.1) is 23.8 Å². The zero-order valence-corrected chi connectivity index (χ0v) is 16.5. The van der Waals surface area contributed by atoms with Crippen molar-refractivity contribution >= 4 is 29.1 Å². The zero-order chi connectivity index (χ0) is 20.1. The van der Waals surface area contributed by atoms with Crippen molar-refractivity contribution < 1.29 is 19.1 Å². The van der Waals surface area contributed by atoms with Gasteiger partial charge < -0.3 is 19.7 Å². The van der Waals surface area contributed by atoms with Crippen molar-refractivity contribution in [2.75, 3.05) is 39.3 Å². The van der Waals surface area contributed by atoms with Crippen molar-refractivity contribution in [3.8, 4) is 11.5 Å². The number of anilines is 1. The summed E-state index contributed by atoms with van der Waals surface area (Å²) in [4.78, 5) is 27.8. The summed E-state index contributed by atoms with van der Waals surface area (Å²) in [5, 5.41) is 3.16. The fourth-order valence-electron chi connectivity index (χ4n) is 2.81. The van der Waals surface area contributed by atoms with Gasteiger partial charge in [-0.05, 0) is 36.9 Å². The molecule has 1 N–H and O–H groups in total. The van der Waals surface area contributed by atoms with Gasteiger partial charge in [0.15, 0.2) is 11.5 Å². The molecule has 1 aliphatic heterocycles. The average Bonchev–Trinajstić information content (AvgIpc) is 3.11. The number of hydrogen-bond donors (Lipinski definition) is 1. The highest BCUT2D eigenvalue weighted by atomic mass is 35.5. The van der Waals surface area contributed by atoms with E-state index < -0.39 is 0 Å². The van der Waals surface area contributed by atoms with Crippen LogP contribution >= 0.6 is 11.6 Å². The Morgan fingerprint density at radius 1 is 1.07 bits per heavy atom. The van der Waals surface area contributed by atoms with Gasteiger partial charge in [0.1, 0.15) is 0 Å². The Morgan fingerprint density at radius 3 is 2.61 bits per heavy atom. The Kier molecular flexibility index (Phi) is 6.38. The fraction of sp³-hybridized carbons (Fsp3) is 0.300. The Labute approximate surface area is 168 Å². The molecule has 7 nitrogen and oxygen atoms in total. The predicted octanol–water partition coefficient (Wildman–Crippen LogP) is 2.60. The number of rotatable bonds is 7. The minimum absolute atomic E-state index is 0.0537. The summed E-state index contributed by atoms with van der Waals surface area (Å²) in [6.45, 7) is 0.933. The van der Waals surface area contributed by atoms with E-state index in [1.165, 1.54) is 4.90 Å². The van der Waals surface area contributed by atoms with Crippen LogP contribution in [0.3, 0.4) is 0 Å². The average molecular weight is 404 g/mol. The number of fused-ring (bicyclic) bond motifs is 1. The van der Waals surface area contributed by atoms with Crippen molar-refractivity contribution in [1.82, 2.24) is 9.80 Å². The van der Waals surface area contributed by atoms with Crippen LogP contribution in [0, 0.1) is 0 Å². The van der Waals surface area contributed by atoms with E-state index in [1.54, 1.807) is 31.3 Å². The lowest BCUT2D eigenvalue weighted by Gasteiger charge is -2.22. The normalized spacial score (nSPS) is 12.1. The van der Waals surface area contributed by atoms with Crippen LogP contribution in [-0.4, -0.2) is 55.6 Å². The lowest BCUT2D eigenvalue weighted by atomic mass is 10.2. The van der Waals surface area contributed by atoms with E-state index in [-0.39, 0.29) is 31.7 Å². The number of amides is 2. The minimum Gasteiger partial charge on any atom is -0.454 e. The van der Waals surface area contributed by atoms with E-state index in [2.05, 4.69) is 5.32 Å². The van der Waals surface area contributed by atoms with Gasteiger partial charge in [0.2, 0.25) is 18.6 Å². The lowest BCUT2D eigenvalue weighted by molar-refractivity contribution is -0.134. The third-order valence-corrected chi connectivity index (χ3v) is 4.58. The topological polar surface area (TPSA) is 71.1 Å². The first-order valence-corrected chi connectivity index (χ1v) is 9.15. The van der Waals surface area contributed by atoms with Gasteiger partial charge in [-0.3, -0.25) is 14.5 Å². The molecule has 0 fully saturated rings. The molecule has 28 heavy (non-hydrogen) atoms. The first kappa shape index (κ1) is 20.0. The first-order chi connectivity index (χ1) is 13.4. The standard InChI is InChI=1S/C20H22ClN3O4/c1-23(10-14-7-8-17-18(9-14)28-13-27-17)12-20(26)24(2)11-19(25)22-16-6-4-3-5-15(16)21/h3-9H,10-13H2,1-2H3,(H,22,25). The number of para-hydroxylation sites is 1. The molecule has 2 aromatic rings. The molecule has 0 atom stereocenters. The Bertz CT molecular complexity index is 874. The maximum Gasteiger partial charge on any atom is 0.244 e. The van der Waals surface area contributed by atoms with Gasteiger partial charge in [-0.2, -0.15) is 0 Å². The Morgan fingerprint density at radius 2 is 1.82 bits per heavy atom. The summed E-state index contributed by atoms with van der Waals surface area (Å²) in [6.07, 6.45) is 0. The number of benzene rings is 2. The van der Waals surface area contributed by atoms with E-state index in [4.69, 9.17) is 21.1 Å². The molecule has 0 saturated carbocycles. The Balaban J connectivity index is 1.48. The van der Waals surface area contributed by atoms with Gasteiger partial charge in [-0.1, -0.05) is 29.8 Å². The first-order valence-electron chi connectivity index (χ1n) is 8.78. The highest BCUT2D eigenvalue weighted by molar-refractivity contribution is 6.33. The number of halogens is 1. The zero-order valence-electron chi connectivity index (χ0n) is 15.8. The number of carbonyl (C=O) groups is 2. The minimum atomic E-state index is -0.303. The number of nitrogens with one attached hydrogen (secondary N) is 1. The second kappa shape index (κ2) is 8.95. The second-order valence-corrected chi connectivity index (χ2v) is 7.04. The van der Waals surface area contributed by atoms with Crippen LogP contribution in [0.1, 0.15) is 5.56 Å². The van der Waals surface area contributed by atoms with Crippen molar-refractivity contribution in [3.63, 3.8) is 0 Å². The van der Waals surface area contributed by atoms with Gasteiger partial charge in [0.25, 0.3) is 0 Å². The molecule has 0 saturated heterocycles.